The Morgan fingerprint density at radius 1 is 1.10 bits per heavy atom. The minimum absolute atomic E-state index is 0.237. The van der Waals surface area contributed by atoms with Gasteiger partial charge in [-0.25, -0.2) is 8.78 Å². The fourth-order valence-corrected chi connectivity index (χ4v) is 3.49. The number of nitro benzene ring substituents is 1. The molecular weight excluding hydrogens is 396 g/mol. The first-order valence-corrected chi connectivity index (χ1v) is 9.02. The van der Waals surface area contributed by atoms with Crippen LogP contribution in [0.5, 0.6) is 0 Å². The lowest BCUT2D eigenvalue weighted by Crippen LogP contribution is -2.64. The zero-order valence-corrected chi connectivity index (χ0v) is 16.6. The number of halogens is 2. The number of benzene rings is 2. The Morgan fingerprint density at radius 3 is 2.33 bits per heavy atom. The van der Waals surface area contributed by atoms with Crippen LogP contribution in [0.1, 0.15) is 18.1 Å². The molecule has 2 amide bonds. The maximum Gasteiger partial charge on any atom is 0.279 e. The van der Waals surface area contributed by atoms with Gasteiger partial charge in [0.25, 0.3) is 17.5 Å². The highest BCUT2D eigenvalue weighted by Crippen LogP contribution is 2.33. The van der Waals surface area contributed by atoms with Gasteiger partial charge in [-0.05, 0) is 24.6 Å². The Kier molecular flexibility index (Phi) is 5.39. The average molecular weight is 415 g/mol. The van der Waals surface area contributed by atoms with Crippen LogP contribution in [0.2, 0.25) is 0 Å². The summed E-state index contributed by atoms with van der Waals surface area (Å²) < 4.78 is 28.0. The second-order valence-electron chi connectivity index (χ2n) is 7.25. The molecule has 0 bridgehead atoms. The van der Waals surface area contributed by atoms with E-state index in [1.54, 1.807) is 6.92 Å². The molecule has 1 aliphatic heterocycles. The summed E-state index contributed by atoms with van der Waals surface area (Å²) in [6.45, 7) is 1.61. The van der Waals surface area contributed by atoms with Crippen molar-refractivity contribution >= 4 is 23.6 Å². The fourth-order valence-electron chi connectivity index (χ4n) is 3.49. The second-order valence-corrected chi connectivity index (χ2v) is 7.25. The van der Waals surface area contributed by atoms with Crippen LogP contribution in [0.25, 0.3) is 6.08 Å². The van der Waals surface area contributed by atoms with E-state index in [0.717, 1.165) is 22.6 Å². The van der Waals surface area contributed by atoms with Crippen molar-refractivity contribution in [1.82, 2.24) is 9.80 Å². The van der Waals surface area contributed by atoms with Gasteiger partial charge in [-0.1, -0.05) is 30.3 Å². The van der Waals surface area contributed by atoms with Gasteiger partial charge in [0.05, 0.1) is 10.5 Å². The van der Waals surface area contributed by atoms with Crippen LogP contribution in [0.4, 0.5) is 14.5 Å². The van der Waals surface area contributed by atoms with Crippen molar-refractivity contribution in [2.75, 3.05) is 14.1 Å². The smallest absolute Gasteiger partial charge is 0.279 e. The molecular formula is C21H19F2N3O4. The van der Waals surface area contributed by atoms with E-state index in [-0.39, 0.29) is 12.1 Å². The van der Waals surface area contributed by atoms with Gasteiger partial charge in [0, 0.05) is 26.6 Å². The number of carbonyl (C=O) groups is 2. The van der Waals surface area contributed by atoms with Crippen molar-refractivity contribution in [3.05, 3.63) is 81.0 Å². The Hall–Kier alpha value is -3.62. The molecule has 0 spiro atoms. The monoisotopic (exact) mass is 415 g/mol. The molecule has 1 heterocycles. The van der Waals surface area contributed by atoms with Crippen molar-refractivity contribution in [2.45, 2.75) is 18.9 Å². The highest BCUT2D eigenvalue weighted by atomic mass is 19.2. The van der Waals surface area contributed by atoms with E-state index in [1.165, 1.54) is 19.0 Å². The van der Waals surface area contributed by atoms with E-state index >= 15 is 0 Å². The molecule has 0 aromatic heterocycles. The van der Waals surface area contributed by atoms with Gasteiger partial charge in [-0.3, -0.25) is 19.7 Å². The Morgan fingerprint density at radius 2 is 1.73 bits per heavy atom. The maximum atomic E-state index is 14.3. The average Bonchev–Trinajstić information content (AvgIpc) is 2.72. The van der Waals surface area contributed by atoms with Crippen LogP contribution < -0.4 is 0 Å². The summed E-state index contributed by atoms with van der Waals surface area (Å²) >= 11 is 0. The second kappa shape index (κ2) is 7.66. The van der Waals surface area contributed by atoms with Gasteiger partial charge in [-0.15, -0.1) is 0 Å². The number of likely N-dealkylation sites (N-methyl/N-ethyl adjacent to an activating group) is 2. The number of amides is 2. The Balaban J connectivity index is 2.07. The molecule has 1 aliphatic rings. The summed E-state index contributed by atoms with van der Waals surface area (Å²) in [5.74, 6) is -3.87. The maximum absolute atomic E-state index is 14.3. The van der Waals surface area contributed by atoms with E-state index in [9.17, 15) is 28.5 Å². The zero-order chi connectivity index (χ0) is 22.2. The van der Waals surface area contributed by atoms with Crippen molar-refractivity contribution in [3.63, 3.8) is 0 Å². The van der Waals surface area contributed by atoms with Crippen molar-refractivity contribution in [2.24, 2.45) is 0 Å². The van der Waals surface area contributed by atoms with Gasteiger partial charge in [0.1, 0.15) is 11.2 Å². The minimum Gasteiger partial charge on any atom is -0.326 e. The van der Waals surface area contributed by atoms with Gasteiger partial charge in [0.2, 0.25) is 0 Å². The summed E-state index contributed by atoms with van der Waals surface area (Å²) in [6.07, 6.45) is 1.08. The number of hydrogen-bond donors (Lipinski definition) is 0. The number of rotatable bonds is 4. The molecule has 0 aliphatic carbocycles. The Bertz CT molecular complexity index is 1070. The van der Waals surface area contributed by atoms with E-state index in [2.05, 4.69) is 0 Å². The third-order valence-electron chi connectivity index (χ3n) is 5.37. The van der Waals surface area contributed by atoms with Crippen LogP contribution >= 0.6 is 0 Å². The molecule has 1 atom stereocenters. The van der Waals surface area contributed by atoms with Gasteiger partial charge in [0.15, 0.2) is 11.6 Å². The highest BCUT2D eigenvalue weighted by molar-refractivity contribution is 6.09. The first kappa shape index (κ1) is 21.1. The lowest BCUT2D eigenvalue weighted by atomic mass is 9.87. The molecule has 3 rings (SSSR count). The predicted molar refractivity (Wildman–Crippen MR) is 105 cm³/mol. The summed E-state index contributed by atoms with van der Waals surface area (Å²) in [4.78, 5) is 38.8. The van der Waals surface area contributed by atoms with Crippen LogP contribution in [0, 0.1) is 21.7 Å². The molecule has 0 N–H and O–H groups in total. The molecule has 1 unspecified atom stereocenters. The number of nitrogens with zero attached hydrogens (tertiary/aromatic N) is 3. The number of piperazine rings is 1. The van der Waals surface area contributed by atoms with Gasteiger partial charge in [-0.2, -0.15) is 0 Å². The molecule has 7 nitrogen and oxygen atoms in total. The molecule has 9 heteroatoms. The first-order valence-electron chi connectivity index (χ1n) is 9.02. The third kappa shape index (κ3) is 3.42. The molecule has 1 fully saturated rings. The molecule has 1 saturated heterocycles. The Labute approximate surface area is 171 Å². The molecule has 0 saturated carbocycles. The molecule has 30 heavy (non-hydrogen) atoms. The van der Waals surface area contributed by atoms with Crippen LogP contribution in [-0.4, -0.2) is 46.2 Å². The SMILES string of the molecule is CN1C(=O)C(C)(Cc2ccccc2)N(C)C(=O)/C1=C\c1c([N+](=O)[O-])ccc(F)c1F. The summed E-state index contributed by atoms with van der Waals surface area (Å²) in [6, 6.07) is 10.6. The lowest BCUT2D eigenvalue weighted by Gasteiger charge is -2.45. The number of carbonyl (C=O) groups excluding carboxylic acids is 2. The van der Waals surface area contributed by atoms with Crippen LogP contribution in [0.3, 0.4) is 0 Å². The van der Waals surface area contributed by atoms with Gasteiger partial charge >= 0.3 is 0 Å². The normalized spacial score (nSPS) is 20.8. The minimum atomic E-state index is -1.47. The van der Waals surface area contributed by atoms with Gasteiger partial charge < -0.3 is 9.80 Å². The van der Waals surface area contributed by atoms with E-state index in [4.69, 9.17) is 0 Å². The first-order chi connectivity index (χ1) is 14.1. The highest BCUT2D eigenvalue weighted by Gasteiger charge is 2.48. The summed E-state index contributed by atoms with van der Waals surface area (Å²) in [5, 5.41) is 11.2. The van der Waals surface area contributed by atoms with Crippen molar-refractivity contribution in [1.29, 1.82) is 0 Å². The van der Waals surface area contributed by atoms with E-state index < -0.39 is 45.2 Å². The van der Waals surface area contributed by atoms with E-state index in [1.807, 2.05) is 30.3 Å². The molecule has 2 aromatic rings. The standard InChI is InChI=1S/C21H19F2N3O4/c1-21(12-13-7-5-4-6-8-13)20(28)24(2)17(19(27)25(21)3)11-14-16(26(29)30)10-9-15(22)18(14)23/h4-11H,12H2,1-3H3/b17-11+. The predicted octanol–water partition coefficient (Wildman–Crippen LogP) is 3.15. The fraction of sp³-hybridized carbons (Fsp3) is 0.238. The lowest BCUT2D eigenvalue weighted by molar-refractivity contribution is -0.385. The van der Waals surface area contributed by atoms with Crippen LogP contribution in [0.15, 0.2) is 48.2 Å². The zero-order valence-electron chi connectivity index (χ0n) is 16.6. The third-order valence-corrected chi connectivity index (χ3v) is 5.37. The molecule has 156 valence electrons. The van der Waals surface area contributed by atoms with Crippen molar-refractivity contribution in [3.8, 4) is 0 Å². The molecule has 2 aromatic carbocycles. The van der Waals surface area contributed by atoms with Crippen molar-refractivity contribution < 1.29 is 23.3 Å². The topological polar surface area (TPSA) is 83.8 Å². The van der Waals surface area contributed by atoms with Crippen LogP contribution in [-0.2, 0) is 16.0 Å². The van der Waals surface area contributed by atoms with E-state index in [0.29, 0.717) is 6.07 Å². The number of nitro groups is 1. The summed E-state index contributed by atoms with van der Waals surface area (Å²) in [7, 11) is 2.76. The summed E-state index contributed by atoms with van der Waals surface area (Å²) in [5.41, 5.74) is -2.10. The largest absolute Gasteiger partial charge is 0.326 e. The quantitative estimate of drug-likeness (QED) is 0.436. The number of hydrogen-bond acceptors (Lipinski definition) is 4. The molecule has 0 radical (unpaired) electrons.